The second-order valence-electron chi connectivity index (χ2n) is 5.59. The van der Waals surface area contributed by atoms with Crippen LogP contribution in [0.1, 0.15) is 42.2 Å². The fourth-order valence-corrected chi connectivity index (χ4v) is 3.96. The predicted octanol–water partition coefficient (Wildman–Crippen LogP) is 4.13. The number of halogens is 2. The van der Waals surface area contributed by atoms with Gasteiger partial charge in [0.15, 0.2) is 0 Å². The Kier molecular flexibility index (Phi) is 3.86. The van der Waals surface area contributed by atoms with Gasteiger partial charge >= 0.3 is 0 Å². The van der Waals surface area contributed by atoms with Crippen molar-refractivity contribution in [3.63, 3.8) is 0 Å². The molecule has 0 bridgehead atoms. The van der Waals surface area contributed by atoms with Gasteiger partial charge in [-0.15, -0.1) is 0 Å². The molecule has 0 aliphatic heterocycles. The van der Waals surface area contributed by atoms with Gasteiger partial charge in [-0.1, -0.05) is 60.5 Å². The minimum atomic E-state index is -1.00. The topological polar surface area (TPSA) is 60.7 Å². The molecule has 0 saturated heterocycles. The summed E-state index contributed by atoms with van der Waals surface area (Å²) < 4.78 is 0. The molecule has 0 fully saturated rings. The van der Waals surface area contributed by atoms with Gasteiger partial charge in [0.1, 0.15) is 10.8 Å². The predicted molar refractivity (Wildman–Crippen MR) is 86.5 cm³/mol. The molecule has 0 aromatic heterocycles. The summed E-state index contributed by atoms with van der Waals surface area (Å²) in [5.74, 6) is -0.198. The van der Waals surface area contributed by atoms with Crippen LogP contribution in [0, 0.1) is 0 Å². The van der Waals surface area contributed by atoms with Gasteiger partial charge in [-0.25, -0.2) is 0 Å². The highest BCUT2D eigenvalue weighted by Crippen LogP contribution is 2.59. The SMILES string of the molecule is CCC1(c2ccccc2)C(O)c2cc(O)c(Cl)c(Cl)c2C1O. The van der Waals surface area contributed by atoms with E-state index >= 15 is 0 Å². The zero-order valence-corrected chi connectivity index (χ0v) is 13.4. The third-order valence-corrected chi connectivity index (χ3v) is 5.57. The van der Waals surface area contributed by atoms with Gasteiger partial charge in [-0.05, 0) is 23.6 Å². The molecule has 2 aromatic rings. The number of aliphatic hydroxyl groups excluding tert-OH is 2. The van der Waals surface area contributed by atoms with Crippen molar-refractivity contribution in [1.82, 2.24) is 0 Å². The van der Waals surface area contributed by atoms with E-state index in [1.54, 1.807) is 0 Å². The second-order valence-corrected chi connectivity index (χ2v) is 6.35. The van der Waals surface area contributed by atoms with Crippen LogP contribution in [0.3, 0.4) is 0 Å². The third-order valence-electron chi connectivity index (χ3n) is 4.70. The monoisotopic (exact) mass is 338 g/mol. The van der Waals surface area contributed by atoms with Gasteiger partial charge < -0.3 is 15.3 Å². The number of hydrogen-bond donors (Lipinski definition) is 3. The molecule has 3 N–H and O–H groups in total. The molecule has 3 nitrogen and oxygen atoms in total. The summed E-state index contributed by atoms with van der Waals surface area (Å²) in [5.41, 5.74) is 0.720. The lowest BCUT2D eigenvalue weighted by Crippen LogP contribution is -2.34. The molecule has 0 heterocycles. The molecule has 116 valence electrons. The number of fused-ring (bicyclic) bond motifs is 1. The number of phenolic OH excluding ortho intramolecular Hbond substituents is 1. The fourth-order valence-electron chi connectivity index (χ4n) is 3.49. The quantitative estimate of drug-likeness (QED) is 0.771. The Labute approximate surface area is 138 Å². The van der Waals surface area contributed by atoms with E-state index in [4.69, 9.17) is 23.2 Å². The number of phenols is 1. The first kappa shape index (κ1) is 15.6. The van der Waals surface area contributed by atoms with E-state index in [1.165, 1.54) is 6.07 Å². The zero-order valence-electron chi connectivity index (χ0n) is 11.9. The van der Waals surface area contributed by atoms with E-state index < -0.39 is 17.6 Å². The number of benzene rings is 2. The van der Waals surface area contributed by atoms with Crippen molar-refractivity contribution in [2.75, 3.05) is 0 Å². The van der Waals surface area contributed by atoms with Gasteiger partial charge in [0.25, 0.3) is 0 Å². The van der Waals surface area contributed by atoms with Crippen molar-refractivity contribution in [2.45, 2.75) is 31.0 Å². The smallest absolute Gasteiger partial charge is 0.136 e. The average Bonchev–Trinajstić information content (AvgIpc) is 2.74. The Bertz CT molecular complexity index is 718. The minimum absolute atomic E-state index is 0.00775. The van der Waals surface area contributed by atoms with E-state index in [-0.39, 0.29) is 15.8 Å². The van der Waals surface area contributed by atoms with Gasteiger partial charge in [-0.3, -0.25) is 0 Å². The highest BCUT2D eigenvalue weighted by atomic mass is 35.5. The fraction of sp³-hybridized carbons (Fsp3) is 0.294. The van der Waals surface area contributed by atoms with Gasteiger partial charge in [0, 0.05) is 5.56 Å². The maximum Gasteiger partial charge on any atom is 0.136 e. The lowest BCUT2D eigenvalue weighted by Gasteiger charge is -2.35. The van der Waals surface area contributed by atoms with Gasteiger partial charge in [0.2, 0.25) is 0 Å². The van der Waals surface area contributed by atoms with Crippen molar-refractivity contribution < 1.29 is 15.3 Å². The molecular formula is C17H16Cl2O3. The second kappa shape index (κ2) is 5.43. The number of hydrogen-bond acceptors (Lipinski definition) is 3. The normalized spacial score (nSPS) is 27.0. The molecule has 0 spiro atoms. The summed E-state index contributed by atoms with van der Waals surface area (Å²) in [6.07, 6.45) is -1.48. The van der Waals surface area contributed by atoms with Crippen molar-refractivity contribution >= 4 is 23.2 Å². The van der Waals surface area contributed by atoms with Crippen LogP contribution < -0.4 is 0 Å². The minimum Gasteiger partial charge on any atom is -0.506 e. The van der Waals surface area contributed by atoms with Crippen LogP contribution in [0.25, 0.3) is 0 Å². The number of aliphatic hydroxyl groups is 2. The summed E-state index contributed by atoms with van der Waals surface area (Å²) in [6.45, 7) is 1.90. The van der Waals surface area contributed by atoms with E-state index in [2.05, 4.69) is 0 Å². The van der Waals surface area contributed by atoms with Crippen LogP contribution in [-0.2, 0) is 5.41 Å². The van der Waals surface area contributed by atoms with Crippen LogP contribution >= 0.6 is 23.2 Å². The van der Waals surface area contributed by atoms with E-state index in [1.807, 2.05) is 37.3 Å². The van der Waals surface area contributed by atoms with Crippen LogP contribution in [0.15, 0.2) is 36.4 Å². The highest BCUT2D eigenvalue weighted by molar-refractivity contribution is 6.43. The van der Waals surface area contributed by atoms with E-state index in [9.17, 15) is 15.3 Å². The van der Waals surface area contributed by atoms with Crippen LogP contribution in [0.2, 0.25) is 10.0 Å². The molecule has 3 unspecified atom stereocenters. The van der Waals surface area contributed by atoms with Crippen molar-refractivity contribution in [2.24, 2.45) is 0 Å². The Morgan fingerprint density at radius 2 is 1.68 bits per heavy atom. The summed E-state index contributed by atoms with van der Waals surface area (Å²) >= 11 is 12.2. The lowest BCUT2D eigenvalue weighted by molar-refractivity contribution is 0.000900. The third kappa shape index (κ3) is 1.90. The molecule has 1 aliphatic carbocycles. The van der Waals surface area contributed by atoms with E-state index in [0.717, 1.165) is 5.56 Å². The van der Waals surface area contributed by atoms with Crippen LogP contribution in [-0.4, -0.2) is 15.3 Å². The maximum absolute atomic E-state index is 10.9. The number of rotatable bonds is 2. The Hall–Kier alpha value is -1.26. The average molecular weight is 339 g/mol. The molecule has 0 radical (unpaired) electrons. The van der Waals surface area contributed by atoms with Gasteiger partial charge in [-0.2, -0.15) is 0 Å². The molecule has 5 heteroatoms. The molecule has 22 heavy (non-hydrogen) atoms. The summed E-state index contributed by atoms with van der Waals surface area (Å²) in [7, 11) is 0. The lowest BCUT2D eigenvalue weighted by atomic mass is 9.72. The molecular weight excluding hydrogens is 323 g/mol. The highest BCUT2D eigenvalue weighted by Gasteiger charge is 2.53. The Morgan fingerprint density at radius 1 is 1.05 bits per heavy atom. The summed E-state index contributed by atoms with van der Waals surface area (Å²) in [5, 5.41) is 31.8. The largest absolute Gasteiger partial charge is 0.506 e. The molecule has 2 aromatic carbocycles. The Balaban J connectivity index is 2.27. The molecule has 3 atom stereocenters. The Morgan fingerprint density at radius 3 is 2.27 bits per heavy atom. The molecule has 0 saturated carbocycles. The van der Waals surface area contributed by atoms with Crippen LogP contribution in [0.5, 0.6) is 5.75 Å². The number of aromatic hydroxyl groups is 1. The van der Waals surface area contributed by atoms with E-state index in [0.29, 0.717) is 17.5 Å². The molecule has 3 rings (SSSR count). The standard InChI is InChI=1S/C17H16Cl2O3/c1-2-17(9-6-4-3-5-7-9)15(21)10-8-11(20)13(18)14(19)12(10)16(17)22/h3-8,15-16,20-22H,2H2,1H3. The zero-order chi connectivity index (χ0) is 16.1. The summed E-state index contributed by atoms with van der Waals surface area (Å²) in [6, 6.07) is 10.7. The van der Waals surface area contributed by atoms with Crippen molar-refractivity contribution in [1.29, 1.82) is 0 Å². The molecule has 0 amide bonds. The first-order valence-electron chi connectivity index (χ1n) is 7.07. The van der Waals surface area contributed by atoms with Gasteiger partial charge in [0.05, 0.1) is 22.6 Å². The van der Waals surface area contributed by atoms with Crippen molar-refractivity contribution in [3.8, 4) is 5.75 Å². The van der Waals surface area contributed by atoms with Crippen molar-refractivity contribution in [3.05, 3.63) is 63.1 Å². The first-order chi connectivity index (χ1) is 10.4. The summed E-state index contributed by atoms with van der Waals surface area (Å²) in [4.78, 5) is 0. The maximum atomic E-state index is 10.9. The first-order valence-corrected chi connectivity index (χ1v) is 7.83. The molecule has 1 aliphatic rings. The van der Waals surface area contributed by atoms with Crippen LogP contribution in [0.4, 0.5) is 0 Å².